The first kappa shape index (κ1) is 19.0. The number of ether oxygens (including phenoxy) is 1. The van der Waals surface area contributed by atoms with E-state index in [4.69, 9.17) is 4.74 Å². The van der Waals surface area contributed by atoms with Gasteiger partial charge in [-0.05, 0) is 51.0 Å². The first-order valence-electron chi connectivity index (χ1n) is 9.66. The molecule has 6 nitrogen and oxygen atoms in total. The van der Waals surface area contributed by atoms with Crippen molar-refractivity contribution in [3.63, 3.8) is 0 Å². The molecule has 1 saturated carbocycles. The second-order valence-electron chi connectivity index (χ2n) is 7.15. The van der Waals surface area contributed by atoms with Gasteiger partial charge in [0.2, 0.25) is 0 Å². The van der Waals surface area contributed by atoms with Gasteiger partial charge in [-0.2, -0.15) is 0 Å². The average molecular weight is 368 g/mol. The van der Waals surface area contributed by atoms with E-state index in [0.717, 1.165) is 24.3 Å². The minimum atomic E-state index is -0.167. The lowest BCUT2D eigenvalue weighted by Gasteiger charge is -2.22. The van der Waals surface area contributed by atoms with E-state index in [9.17, 15) is 4.79 Å². The molecule has 1 heterocycles. The van der Waals surface area contributed by atoms with Gasteiger partial charge in [0.25, 0.3) is 0 Å². The lowest BCUT2D eigenvalue weighted by molar-refractivity contribution is 0.243. The molecule has 0 spiro atoms. The molecule has 0 atom stereocenters. The molecule has 144 valence electrons. The van der Waals surface area contributed by atoms with Crippen LogP contribution in [0.2, 0.25) is 0 Å². The number of anilines is 3. The molecule has 1 aliphatic rings. The summed E-state index contributed by atoms with van der Waals surface area (Å²) < 4.78 is 5.81. The molecule has 1 aromatic carbocycles. The van der Waals surface area contributed by atoms with Gasteiger partial charge >= 0.3 is 6.03 Å². The van der Waals surface area contributed by atoms with Crippen LogP contribution in [-0.2, 0) is 0 Å². The van der Waals surface area contributed by atoms with Gasteiger partial charge in [0.15, 0.2) is 0 Å². The van der Waals surface area contributed by atoms with Crippen molar-refractivity contribution in [2.24, 2.45) is 0 Å². The van der Waals surface area contributed by atoms with Crippen molar-refractivity contribution in [1.82, 2.24) is 10.3 Å². The van der Waals surface area contributed by atoms with E-state index in [1.165, 1.54) is 19.3 Å². The molecular weight excluding hydrogens is 340 g/mol. The molecular formula is C21H28N4O2. The number of rotatable bonds is 6. The summed E-state index contributed by atoms with van der Waals surface area (Å²) in [6, 6.07) is 11.5. The molecule has 6 heteroatoms. The number of carbonyl (C=O) groups excluding carboxylic acids is 1. The number of aromatic nitrogens is 1. The Balaban J connectivity index is 1.56. The quantitative estimate of drug-likeness (QED) is 0.666. The Labute approximate surface area is 160 Å². The summed E-state index contributed by atoms with van der Waals surface area (Å²) in [5.41, 5.74) is 1.52. The Bertz CT molecular complexity index is 740. The normalized spacial score (nSPS) is 14.6. The molecule has 1 aliphatic carbocycles. The van der Waals surface area contributed by atoms with Crippen LogP contribution in [0.25, 0.3) is 0 Å². The number of hydrogen-bond acceptors (Lipinski definition) is 4. The van der Waals surface area contributed by atoms with E-state index in [-0.39, 0.29) is 18.2 Å². The van der Waals surface area contributed by atoms with Crippen LogP contribution in [0.15, 0.2) is 42.6 Å². The van der Waals surface area contributed by atoms with Crippen molar-refractivity contribution in [2.75, 3.05) is 10.6 Å². The van der Waals surface area contributed by atoms with E-state index >= 15 is 0 Å². The Morgan fingerprint density at radius 1 is 1.11 bits per heavy atom. The van der Waals surface area contributed by atoms with Crippen LogP contribution in [-0.4, -0.2) is 23.2 Å². The number of carbonyl (C=O) groups is 1. The standard InChI is InChI=1S/C21H28N4O2/c1-15(2)27-19-11-7-6-10-18(19)25-20-13-12-17(14-22-20)24-21(26)23-16-8-4-3-5-9-16/h6-7,10-16H,3-5,8-9H2,1-2H3,(H,22,25)(H2,23,24,26). The van der Waals surface area contributed by atoms with Gasteiger partial charge in [0.1, 0.15) is 11.6 Å². The van der Waals surface area contributed by atoms with Crippen molar-refractivity contribution < 1.29 is 9.53 Å². The Morgan fingerprint density at radius 2 is 1.89 bits per heavy atom. The molecule has 3 N–H and O–H groups in total. The van der Waals surface area contributed by atoms with E-state index in [1.807, 2.05) is 50.2 Å². The number of nitrogens with one attached hydrogen (secondary N) is 3. The van der Waals surface area contributed by atoms with Crippen molar-refractivity contribution in [3.8, 4) is 5.75 Å². The van der Waals surface area contributed by atoms with Gasteiger partial charge < -0.3 is 20.7 Å². The van der Waals surface area contributed by atoms with Crippen LogP contribution < -0.4 is 20.7 Å². The monoisotopic (exact) mass is 368 g/mol. The highest BCUT2D eigenvalue weighted by Gasteiger charge is 2.15. The second-order valence-corrected chi connectivity index (χ2v) is 7.15. The smallest absolute Gasteiger partial charge is 0.319 e. The third-order valence-corrected chi connectivity index (χ3v) is 4.47. The predicted molar refractivity (Wildman–Crippen MR) is 109 cm³/mol. The molecule has 0 saturated heterocycles. The highest BCUT2D eigenvalue weighted by molar-refractivity contribution is 5.89. The maximum Gasteiger partial charge on any atom is 0.319 e. The zero-order valence-corrected chi connectivity index (χ0v) is 16.0. The zero-order chi connectivity index (χ0) is 19.1. The van der Waals surface area contributed by atoms with Crippen molar-refractivity contribution >= 4 is 23.2 Å². The van der Waals surface area contributed by atoms with Gasteiger partial charge in [-0.1, -0.05) is 31.4 Å². The number of pyridine rings is 1. The van der Waals surface area contributed by atoms with E-state index in [0.29, 0.717) is 11.5 Å². The van der Waals surface area contributed by atoms with Crippen molar-refractivity contribution in [1.29, 1.82) is 0 Å². The molecule has 3 rings (SSSR count). The summed E-state index contributed by atoms with van der Waals surface area (Å²) in [6.45, 7) is 3.99. The molecule has 1 fully saturated rings. The summed E-state index contributed by atoms with van der Waals surface area (Å²) in [4.78, 5) is 16.5. The number of nitrogens with zero attached hydrogens (tertiary/aromatic N) is 1. The Kier molecular flexibility index (Phi) is 6.52. The Morgan fingerprint density at radius 3 is 2.59 bits per heavy atom. The van der Waals surface area contributed by atoms with Crippen LogP contribution in [0.4, 0.5) is 22.0 Å². The van der Waals surface area contributed by atoms with Crippen LogP contribution in [0.5, 0.6) is 5.75 Å². The Hall–Kier alpha value is -2.76. The van der Waals surface area contributed by atoms with E-state index in [2.05, 4.69) is 20.9 Å². The second kappa shape index (κ2) is 9.26. The SMILES string of the molecule is CC(C)Oc1ccccc1Nc1ccc(NC(=O)NC2CCCCC2)cn1. The molecule has 0 bridgehead atoms. The summed E-state index contributed by atoms with van der Waals surface area (Å²) in [5, 5.41) is 9.15. The predicted octanol–water partition coefficient (Wildman–Crippen LogP) is 5.07. The number of benzene rings is 1. The highest BCUT2D eigenvalue weighted by Crippen LogP contribution is 2.27. The molecule has 2 amide bonds. The first-order valence-corrected chi connectivity index (χ1v) is 9.66. The molecule has 2 aromatic rings. The zero-order valence-electron chi connectivity index (χ0n) is 16.0. The molecule has 0 aliphatic heterocycles. The minimum absolute atomic E-state index is 0.0927. The lowest BCUT2D eigenvalue weighted by atomic mass is 9.96. The van der Waals surface area contributed by atoms with Crippen LogP contribution in [0.1, 0.15) is 46.0 Å². The maximum atomic E-state index is 12.1. The minimum Gasteiger partial charge on any atom is -0.489 e. The van der Waals surface area contributed by atoms with E-state index < -0.39 is 0 Å². The number of amides is 2. The fourth-order valence-electron chi connectivity index (χ4n) is 3.21. The maximum absolute atomic E-state index is 12.1. The van der Waals surface area contributed by atoms with Crippen LogP contribution in [0.3, 0.4) is 0 Å². The van der Waals surface area contributed by atoms with Crippen molar-refractivity contribution in [3.05, 3.63) is 42.6 Å². The fourth-order valence-corrected chi connectivity index (χ4v) is 3.21. The van der Waals surface area contributed by atoms with Gasteiger partial charge in [0.05, 0.1) is 23.7 Å². The largest absolute Gasteiger partial charge is 0.489 e. The van der Waals surface area contributed by atoms with Gasteiger partial charge in [0, 0.05) is 6.04 Å². The number of para-hydroxylation sites is 2. The van der Waals surface area contributed by atoms with Crippen LogP contribution >= 0.6 is 0 Å². The first-order chi connectivity index (χ1) is 13.1. The topological polar surface area (TPSA) is 75.3 Å². The number of urea groups is 1. The molecule has 27 heavy (non-hydrogen) atoms. The van der Waals surface area contributed by atoms with Crippen molar-refractivity contribution in [2.45, 2.75) is 58.1 Å². The lowest BCUT2D eigenvalue weighted by Crippen LogP contribution is -2.39. The van der Waals surface area contributed by atoms with E-state index in [1.54, 1.807) is 6.20 Å². The summed E-state index contributed by atoms with van der Waals surface area (Å²) in [6.07, 6.45) is 7.51. The number of hydrogen-bond donors (Lipinski definition) is 3. The van der Waals surface area contributed by atoms with Gasteiger partial charge in [-0.15, -0.1) is 0 Å². The third kappa shape index (κ3) is 5.88. The highest BCUT2D eigenvalue weighted by atomic mass is 16.5. The summed E-state index contributed by atoms with van der Waals surface area (Å²) in [7, 11) is 0. The van der Waals surface area contributed by atoms with Crippen LogP contribution in [0, 0.1) is 0 Å². The van der Waals surface area contributed by atoms with Gasteiger partial charge in [-0.3, -0.25) is 0 Å². The molecule has 0 radical (unpaired) electrons. The summed E-state index contributed by atoms with van der Waals surface area (Å²) >= 11 is 0. The summed E-state index contributed by atoms with van der Waals surface area (Å²) in [5.74, 6) is 1.47. The van der Waals surface area contributed by atoms with Gasteiger partial charge in [-0.25, -0.2) is 9.78 Å². The fraction of sp³-hybridized carbons (Fsp3) is 0.429. The third-order valence-electron chi connectivity index (χ3n) is 4.47. The molecule has 1 aromatic heterocycles. The average Bonchev–Trinajstić information content (AvgIpc) is 2.65. The molecule has 0 unspecified atom stereocenters.